The van der Waals surface area contributed by atoms with E-state index in [1.165, 1.54) is 0 Å². The lowest BCUT2D eigenvalue weighted by Crippen LogP contribution is -2.31. The van der Waals surface area contributed by atoms with Crippen LogP contribution in [0.3, 0.4) is 0 Å². The zero-order valence-corrected chi connectivity index (χ0v) is 4.68. The van der Waals surface area contributed by atoms with Crippen molar-refractivity contribution >= 4 is 5.91 Å². The van der Waals surface area contributed by atoms with Gasteiger partial charge in [-0.15, -0.1) is 0 Å². The van der Waals surface area contributed by atoms with Crippen molar-refractivity contribution in [1.29, 1.82) is 0 Å². The number of primary amides is 1. The molecule has 3 heteroatoms. The summed E-state index contributed by atoms with van der Waals surface area (Å²) in [5.74, 6) is -0.236. The Balaban J connectivity index is 2.53. The third-order valence-electron chi connectivity index (χ3n) is 1.77. The average Bonchev–Trinajstić information content (AvgIpc) is 2.44. The first-order chi connectivity index (χ1) is 3.71. The normalized spacial score (nSPS) is 22.6. The summed E-state index contributed by atoms with van der Waals surface area (Å²) >= 11 is 0. The van der Waals surface area contributed by atoms with E-state index >= 15 is 0 Å². The Kier molecular flexibility index (Phi) is 1.01. The van der Waals surface area contributed by atoms with E-state index in [1.807, 2.05) is 0 Å². The summed E-state index contributed by atoms with van der Waals surface area (Å²) in [6, 6.07) is 0. The highest BCUT2D eigenvalue weighted by atomic mass is 16.1. The van der Waals surface area contributed by atoms with Gasteiger partial charge in [0, 0.05) is 6.54 Å². The largest absolute Gasteiger partial charge is 0.369 e. The molecule has 1 amide bonds. The molecule has 0 heterocycles. The monoisotopic (exact) mass is 114 g/mol. The number of carbonyl (C=O) groups excluding carboxylic acids is 1. The Hall–Kier alpha value is -0.570. The van der Waals surface area contributed by atoms with Crippen LogP contribution in [0.4, 0.5) is 0 Å². The van der Waals surface area contributed by atoms with Gasteiger partial charge in [-0.25, -0.2) is 0 Å². The van der Waals surface area contributed by atoms with Crippen molar-refractivity contribution in [1.82, 2.24) is 0 Å². The molecule has 0 aromatic heterocycles. The first kappa shape index (κ1) is 5.56. The number of amides is 1. The number of carbonyl (C=O) groups is 1. The molecular weight excluding hydrogens is 104 g/mol. The molecule has 1 aliphatic carbocycles. The highest BCUT2D eigenvalue weighted by molar-refractivity contribution is 5.83. The quantitative estimate of drug-likeness (QED) is 0.494. The number of nitrogens with two attached hydrogens (primary N) is 2. The molecule has 0 aromatic carbocycles. The van der Waals surface area contributed by atoms with Crippen molar-refractivity contribution in [2.24, 2.45) is 16.9 Å². The van der Waals surface area contributed by atoms with E-state index in [-0.39, 0.29) is 11.3 Å². The van der Waals surface area contributed by atoms with Crippen LogP contribution in [0.25, 0.3) is 0 Å². The smallest absolute Gasteiger partial charge is 0.224 e. The van der Waals surface area contributed by atoms with Crippen molar-refractivity contribution in [3.05, 3.63) is 0 Å². The van der Waals surface area contributed by atoms with Gasteiger partial charge in [-0.2, -0.15) is 0 Å². The maximum absolute atomic E-state index is 10.5. The average molecular weight is 114 g/mol. The van der Waals surface area contributed by atoms with E-state index in [2.05, 4.69) is 0 Å². The van der Waals surface area contributed by atoms with Gasteiger partial charge in [0.05, 0.1) is 5.41 Å². The van der Waals surface area contributed by atoms with Gasteiger partial charge in [0.2, 0.25) is 5.91 Å². The molecule has 1 saturated carbocycles. The molecule has 8 heavy (non-hydrogen) atoms. The van der Waals surface area contributed by atoms with E-state index in [4.69, 9.17) is 11.5 Å². The lowest BCUT2D eigenvalue weighted by atomic mass is 10.1. The molecule has 0 saturated heterocycles. The molecule has 0 aromatic rings. The lowest BCUT2D eigenvalue weighted by Gasteiger charge is -2.03. The van der Waals surface area contributed by atoms with Gasteiger partial charge in [-0.3, -0.25) is 4.79 Å². The summed E-state index contributed by atoms with van der Waals surface area (Å²) in [6.45, 7) is 0.419. The summed E-state index contributed by atoms with van der Waals surface area (Å²) in [5, 5.41) is 0. The predicted octanol–water partition coefficient (Wildman–Crippen LogP) is -0.789. The Bertz CT molecular complexity index is 118. The van der Waals surface area contributed by atoms with Crippen LogP contribution >= 0.6 is 0 Å². The number of hydrogen-bond acceptors (Lipinski definition) is 2. The van der Waals surface area contributed by atoms with Crippen LogP contribution < -0.4 is 11.5 Å². The SMILES string of the molecule is NCC1(C(N)=O)CC1. The molecule has 4 N–H and O–H groups in total. The minimum absolute atomic E-state index is 0.236. The van der Waals surface area contributed by atoms with Crippen LogP contribution in [0.2, 0.25) is 0 Å². The minimum atomic E-state index is -0.292. The predicted molar refractivity (Wildman–Crippen MR) is 29.9 cm³/mol. The molecule has 46 valence electrons. The van der Waals surface area contributed by atoms with E-state index in [9.17, 15) is 4.79 Å². The summed E-state index contributed by atoms with van der Waals surface area (Å²) in [4.78, 5) is 10.5. The number of rotatable bonds is 2. The minimum Gasteiger partial charge on any atom is -0.369 e. The van der Waals surface area contributed by atoms with Crippen LogP contribution in [-0.4, -0.2) is 12.5 Å². The van der Waals surface area contributed by atoms with Crippen LogP contribution in [0.15, 0.2) is 0 Å². The van der Waals surface area contributed by atoms with Gasteiger partial charge >= 0.3 is 0 Å². The third kappa shape index (κ3) is 0.591. The second kappa shape index (κ2) is 1.45. The second-order valence-corrected chi connectivity index (χ2v) is 2.35. The molecule has 0 atom stereocenters. The zero-order chi connectivity index (χ0) is 6.20. The van der Waals surface area contributed by atoms with Gasteiger partial charge in [0.15, 0.2) is 0 Å². The molecule has 0 radical (unpaired) electrons. The molecule has 1 fully saturated rings. The zero-order valence-electron chi connectivity index (χ0n) is 4.68. The van der Waals surface area contributed by atoms with Crippen molar-refractivity contribution in [2.45, 2.75) is 12.8 Å². The summed E-state index contributed by atoms with van der Waals surface area (Å²) in [7, 11) is 0. The van der Waals surface area contributed by atoms with E-state index < -0.39 is 0 Å². The van der Waals surface area contributed by atoms with Crippen molar-refractivity contribution in [2.75, 3.05) is 6.54 Å². The summed E-state index contributed by atoms with van der Waals surface area (Å²) in [5.41, 5.74) is 10.0. The van der Waals surface area contributed by atoms with Gasteiger partial charge in [0.1, 0.15) is 0 Å². The maximum Gasteiger partial charge on any atom is 0.224 e. The molecule has 0 bridgehead atoms. The number of hydrogen-bond donors (Lipinski definition) is 2. The van der Waals surface area contributed by atoms with Gasteiger partial charge in [-0.1, -0.05) is 0 Å². The van der Waals surface area contributed by atoms with Crippen molar-refractivity contribution in [3.63, 3.8) is 0 Å². The molecule has 0 unspecified atom stereocenters. The van der Waals surface area contributed by atoms with Crippen molar-refractivity contribution < 1.29 is 4.79 Å². The first-order valence-corrected chi connectivity index (χ1v) is 2.71. The van der Waals surface area contributed by atoms with E-state index in [0.29, 0.717) is 6.54 Å². The first-order valence-electron chi connectivity index (χ1n) is 2.71. The standard InChI is InChI=1S/C5H10N2O/c6-3-5(1-2-5)4(7)8/h1-3,6H2,(H2,7,8). The fraction of sp³-hybridized carbons (Fsp3) is 0.800. The van der Waals surface area contributed by atoms with Gasteiger partial charge in [-0.05, 0) is 12.8 Å². The fourth-order valence-corrected chi connectivity index (χ4v) is 0.702. The van der Waals surface area contributed by atoms with Crippen LogP contribution in [0.5, 0.6) is 0 Å². The molecular formula is C5H10N2O. The molecule has 1 rings (SSSR count). The summed E-state index contributed by atoms with van der Waals surface area (Å²) in [6.07, 6.45) is 1.78. The van der Waals surface area contributed by atoms with Gasteiger partial charge in [0.25, 0.3) is 0 Å². The highest BCUT2D eigenvalue weighted by Crippen LogP contribution is 2.43. The second-order valence-electron chi connectivity index (χ2n) is 2.35. The van der Waals surface area contributed by atoms with E-state index in [0.717, 1.165) is 12.8 Å². The Morgan fingerprint density at radius 1 is 1.62 bits per heavy atom. The van der Waals surface area contributed by atoms with Gasteiger partial charge < -0.3 is 11.5 Å². The molecule has 0 spiro atoms. The summed E-state index contributed by atoms with van der Waals surface area (Å²) < 4.78 is 0. The molecule has 3 nitrogen and oxygen atoms in total. The Morgan fingerprint density at radius 2 is 2.12 bits per heavy atom. The van der Waals surface area contributed by atoms with Crippen molar-refractivity contribution in [3.8, 4) is 0 Å². The Labute approximate surface area is 48.0 Å². The van der Waals surface area contributed by atoms with Crippen LogP contribution in [-0.2, 0) is 4.79 Å². The Morgan fingerprint density at radius 3 is 2.12 bits per heavy atom. The topological polar surface area (TPSA) is 69.1 Å². The highest BCUT2D eigenvalue weighted by Gasteiger charge is 2.46. The third-order valence-corrected chi connectivity index (χ3v) is 1.77. The fourth-order valence-electron chi connectivity index (χ4n) is 0.702. The van der Waals surface area contributed by atoms with Crippen LogP contribution in [0, 0.1) is 5.41 Å². The molecule has 1 aliphatic rings. The van der Waals surface area contributed by atoms with Crippen LogP contribution in [0.1, 0.15) is 12.8 Å². The lowest BCUT2D eigenvalue weighted by molar-refractivity contribution is -0.122. The van der Waals surface area contributed by atoms with E-state index in [1.54, 1.807) is 0 Å². The maximum atomic E-state index is 10.5. The molecule has 0 aliphatic heterocycles.